The zero-order valence-corrected chi connectivity index (χ0v) is 22.4. The Morgan fingerprint density at radius 2 is 1.65 bits per heavy atom. The van der Waals surface area contributed by atoms with Crippen molar-refractivity contribution in [3.8, 4) is 11.3 Å². The zero-order valence-electron chi connectivity index (χ0n) is 20.7. The molecule has 188 valence electrons. The van der Waals surface area contributed by atoms with Gasteiger partial charge in [-0.25, -0.2) is 18.4 Å². The minimum atomic E-state index is -3.88. The minimum absolute atomic E-state index is 0.0580. The third-order valence-electron chi connectivity index (χ3n) is 6.25. The van der Waals surface area contributed by atoms with Crippen molar-refractivity contribution >= 4 is 39.1 Å². The van der Waals surface area contributed by atoms with E-state index in [0.717, 1.165) is 27.9 Å². The number of anilines is 2. The van der Waals surface area contributed by atoms with Gasteiger partial charge in [-0.15, -0.1) is 0 Å². The number of rotatable bonds is 6. The summed E-state index contributed by atoms with van der Waals surface area (Å²) in [6.45, 7) is 6.09. The minimum Gasteiger partial charge on any atom is -0.325 e. The molecule has 0 aliphatic carbocycles. The number of benzene rings is 3. The fourth-order valence-electron chi connectivity index (χ4n) is 4.29. The van der Waals surface area contributed by atoms with Gasteiger partial charge < -0.3 is 5.32 Å². The van der Waals surface area contributed by atoms with E-state index in [0.29, 0.717) is 22.1 Å². The lowest BCUT2D eigenvalue weighted by atomic mass is 10.1. The Labute approximate surface area is 221 Å². The van der Waals surface area contributed by atoms with Gasteiger partial charge in [-0.1, -0.05) is 78.0 Å². The number of amides is 1. The average Bonchev–Trinajstić information content (AvgIpc) is 2.88. The molecule has 0 bridgehead atoms. The Bertz CT molecular complexity index is 1580. The number of aryl methyl sites for hydroxylation is 3. The molecule has 1 aromatic heterocycles. The highest BCUT2D eigenvalue weighted by Crippen LogP contribution is 2.42. The van der Waals surface area contributed by atoms with Crippen molar-refractivity contribution < 1.29 is 13.2 Å². The second-order valence-corrected chi connectivity index (χ2v) is 11.8. The first-order valence-electron chi connectivity index (χ1n) is 11.8. The van der Waals surface area contributed by atoms with Crippen LogP contribution in [0.4, 0.5) is 11.4 Å². The Hall–Kier alpha value is -3.69. The first-order valence-corrected chi connectivity index (χ1v) is 14.2. The number of carbonyl (C=O) groups is 1. The van der Waals surface area contributed by atoms with E-state index < -0.39 is 10.0 Å². The van der Waals surface area contributed by atoms with Gasteiger partial charge in [0, 0.05) is 11.3 Å². The van der Waals surface area contributed by atoms with Crippen molar-refractivity contribution in [2.24, 2.45) is 0 Å². The highest BCUT2D eigenvalue weighted by Gasteiger charge is 2.36. The first kappa shape index (κ1) is 25.0. The number of fused-ring (bicyclic) bond motifs is 3. The van der Waals surface area contributed by atoms with E-state index >= 15 is 0 Å². The molecule has 0 spiro atoms. The fraction of sp³-hybridized carbons (Fsp3) is 0.179. The molecule has 1 aliphatic heterocycles. The first-order chi connectivity index (χ1) is 17.7. The van der Waals surface area contributed by atoms with Crippen LogP contribution in [-0.2, 0) is 21.4 Å². The predicted octanol–water partition coefficient (Wildman–Crippen LogP) is 5.51. The fourth-order valence-corrected chi connectivity index (χ4v) is 6.47. The number of sulfonamides is 1. The van der Waals surface area contributed by atoms with Crippen LogP contribution in [0, 0.1) is 20.8 Å². The van der Waals surface area contributed by atoms with Gasteiger partial charge in [0.2, 0.25) is 5.91 Å². The third kappa shape index (κ3) is 4.97. The molecule has 0 saturated carbocycles. The standard InChI is InChI=1S/C28H26N4O3S2/c1-18-11-13-21(14-12-18)16-32-23-10-5-4-9-22(23)27-24(37(32,34)35)15-29-28(31-27)36-17-25(33)30-26-19(2)7-6-8-20(26)3/h4-15H,16-17H2,1-3H3,(H,30,33). The number of nitrogens with one attached hydrogen (secondary N) is 1. The lowest BCUT2D eigenvalue weighted by molar-refractivity contribution is -0.113. The summed E-state index contributed by atoms with van der Waals surface area (Å²) in [6.07, 6.45) is 1.35. The van der Waals surface area contributed by atoms with E-state index in [4.69, 9.17) is 0 Å². The van der Waals surface area contributed by atoms with Crippen molar-refractivity contribution in [3.05, 3.63) is 95.2 Å². The number of carbonyl (C=O) groups excluding carboxylic acids is 1. The normalized spacial score (nSPS) is 13.5. The second kappa shape index (κ2) is 9.99. The van der Waals surface area contributed by atoms with Gasteiger partial charge in [-0.3, -0.25) is 9.10 Å². The van der Waals surface area contributed by atoms with Gasteiger partial charge in [0.15, 0.2) is 5.16 Å². The summed E-state index contributed by atoms with van der Waals surface area (Å²) in [6, 6.07) is 21.0. The largest absolute Gasteiger partial charge is 0.325 e. The van der Waals surface area contributed by atoms with E-state index in [2.05, 4.69) is 15.3 Å². The van der Waals surface area contributed by atoms with Crippen molar-refractivity contribution in [1.29, 1.82) is 0 Å². The summed E-state index contributed by atoms with van der Waals surface area (Å²) in [5, 5.41) is 3.29. The van der Waals surface area contributed by atoms with Crippen molar-refractivity contribution in [2.45, 2.75) is 37.4 Å². The Balaban J connectivity index is 1.41. The molecular formula is C28H26N4O3S2. The Morgan fingerprint density at radius 3 is 2.38 bits per heavy atom. The van der Waals surface area contributed by atoms with Gasteiger partial charge in [0.1, 0.15) is 4.90 Å². The molecular weight excluding hydrogens is 504 g/mol. The SMILES string of the molecule is Cc1ccc(CN2c3ccccc3-c3nc(SCC(=O)Nc4c(C)cccc4C)ncc3S2(=O)=O)cc1. The summed E-state index contributed by atoms with van der Waals surface area (Å²) in [5.74, 6) is -0.0819. The van der Waals surface area contributed by atoms with Crippen molar-refractivity contribution in [3.63, 3.8) is 0 Å². The monoisotopic (exact) mass is 530 g/mol. The van der Waals surface area contributed by atoms with Crippen LogP contribution in [0.1, 0.15) is 22.3 Å². The molecule has 1 aliphatic rings. The molecule has 2 heterocycles. The number of hydrogen-bond acceptors (Lipinski definition) is 6. The predicted molar refractivity (Wildman–Crippen MR) is 147 cm³/mol. The lowest BCUT2D eigenvalue weighted by Gasteiger charge is -2.31. The topological polar surface area (TPSA) is 92.3 Å². The van der Waals surface area contributed by atoms with Gasteiger partial charge >= 0.3 is 0 Å². The molecule has 0 unspecified atom stereocenters. The molecule has 0 fully saturated rings. The summed E-state index contributed by atoms with van der Waals surface area (Å²) in [4.78, 5) is 21.6. The highest BCUT2D eigenvalue weighted by molar-refractivity contribution is 7.99. The molecule has 0 radical (unpaired) electrons. The van der Waals surface area contributed by atoms with Crippen LogP contribution in [0.25, 0.3) is 11.3 Å². The van der Waals surface area contributed by atoms with Crippen LogP contribution in [0.3, 0.4) is 0 Å². The van der Waals surface area contributed by atoms with Crippen LogP contribution < -0.4 is 9.62 Å². The maximum atomic E-state index is 13.7. The van der Waals surface area contributed by atoms with Crippen LogP contribution in [0.15, 0.2) is 83.0 Å². The molecule has 1 N–H and O–H groups in total. The van der Waals surface area contributed by atoms with E-state index in [1.807, 2.05) is 81.4 Å². The number of nitrogens with zero attached hydrogens (tertiary/aromatic N) is 3. The molecule has 0 atom stereocenters. The summed E-state index contributed by atoms with van der Waals surface area (Å²) < 4.78 is 28.7. The van der Waals surface area contributed by atoms with Crippen molar-refractivity contribution in [1.82, 2.24) is 9.97 Å². The summed E-state index contributed by atoms with van der Waals surface area (Å²) in [5.41, 5.74) is 6.39. The molecule has 0 saturated heterocycles. The molecule has 3 aromatic carbocycles. The van der Waals surface area contributed by atoms with Gasteiger partial charge in [-0.2, -0.15) is 0 Å². The summed E-state index contributed by atoms with van der Waals surface area (Å²) in [7, 11) is -3.88. The molecule has 1 amide bonds. The van der Waals surface area contributed by atoms with Crippen LogP contribution >= 0.6 is 11.8 Å². The third-order valence-corrected chi connectivity index (χ3v) is 8.88. The number of hydrogen-bond donors (Lipinski definition) is 1. The Kier molecular flexibility index (Phi) is 6.74. The maximum absolute atomic E-state index is 13.7. The number of para-hydroxylation sites is 2. The maximum Gasteiger partial charge on any atom is 0.268 e. The van der Waals surface area contributed by atoms with Gasteiger partial charge in [0.05, 0.1) is 29.9 Å². The smallest absolute Gasteiger partial charge is 0.268 e. The van der Waals surface area contributed by atoms with E-state index in [1.165, 1.54) is 22.3 Å². The van der Waals surface area contributed by atoms with E-state index in [9.17, 15) is 13.2 Å². The molecule has 5 rings (SSSR count). The second-order valence-electron chi connectivity index (χ2n) is 8.98. The molecule has 9 heteroatoms. The molecule has 37 heavy (non-hydrogen) atoms. The van der Waals surface area contributed by atoms with Gasteiger partial charge in [0.25, 0.3) is 10.0 Å². The highest BCUT2D eigenvalue weighted by atomic mass is 32.2. The molecule has 4 aromatic rings. The zero-order chi connectivity index (χ0) is 26.2. The average molecular weight is 531 g/mol. The molecule has 7 nitrogen and oxygen atoms in total. The van der Waals surface area contributed by atoms with Crippen LogP contribution in [0.5, 0.6) is 0 Å². The van der Waals surface area contributed by atoms with Crippen molar-refractivity contribution in [2.75, 3.05) is 15.4 Å². The number of aromatic nitrogens is 2. The number of thioether (sulfide) groups is 1. The van der Waals surface area contributed by atoms with Crippen LogP contribution in [0.2, 0.25) is 0 Å². The lowest BCUT2D eigenvalue weighted by Crippen LogP contribution is -2.34. The van der Waals surface area contributed by atoms with Crippen LogP contribution in [-0.4, -0.2) is 30.0 Å². The quantitative estimate of drug-likeness (QED) is 0.261. The Morgan fingerprint density at radius 1 is 0.946 bits per heavy atom. The summed E-state index contributed by atoms with van der Waals surface area (Å²) >= 11 is 1.17. The van der Waals surface area contributed by atoms with E-state index in [-0.39, 0.29) is 23.1 Å². The van der Waals surface area contributed by atoms with Gasteiger partial charge in [-0.05, 0) is 43.5 Å². The van der Waals surface area contributed by atoms with E-state index in [1.54, 1.807) is 6.07 Å².